The summed E-state index contributed by atoms with van der Waals surface area (Å²) in [5.74, 6) is 0.0813. The van der Waals surface area contributed by atoms with Crippen LogP contribution in [0.5, 0.6) is 0 Å². The highest BCUT2D eigenvalue weighted by atomic mass is 19.4. The number of likely N-dealkylation sites (tertiary alicyclic amines) is 1. The van der Waals surface area contributed by atoms with E-state index in [1.807, 2.05) is 0 Å². The summed E-state index contributed by atoms with van der Waals surface area (Å²) in [6, 6.07) is 3.14. The van der Waals surface area contributed by atoms with Crippen molar-refractivity contribution in [2.75, 3.05) is 32.1 Å². The Balaban J connectivity index is 1.95. The van der Waals surface area contributed by atoms with E-state index in [9.17, 15) is 18.0 Å². The van der Waals surface area contributed by atoms with E-state index in [0.29, 0.717) is 36.6 Å². The molecular weight excluding hydrogens is 299 g/mol. The molecular formula is C14H18F3N3O2. The SMILES string of the molecule is COC(=O)c1ccc(N[C@H]2CCN(CC(F)(F)F)C2)nc1C. The molecule has 1 saturated heterocycles. The molecule has 0 radical (unpaired) electrons. The number of nitrogens with zero attached hydrogens (tertiary/aromatic N) is 2. The minimum absolute atomic E-state index is 0.0850. The maximum Gasteiger partial charge on any atom is 0.401 e. The van der Waals surface area contributed by atoms with Crippen molar-refractivity contribution in [1.82, 2.24) is 9.88 Å². The van der Waals surface area contributed by atoms with Gasteiger partial charge in [0.25, 0.3) is 0 Å². The van der Waals surface area contributed by atoms with E-state index in [1.54, 1.807) is 19.1 Å². The predicted octanol–water partition coefficient (Wildman–Crippen LogP) is 2.23. The summed E-state index contributed by atoms with van der Waals surface area (Å²) in [6.07, 6.45) is -3.55. The lowest BCUT2D eigenvalue weighted by molar-refractivity contribution is -0.143. The van der Waals surface area contributed by atoms with E-state index in [2.05, 4.69) is 15.0 Å². The van der Waals surface area contributed by atoms with Crippen molar-refractivity contribution in [1.29, 1.82) is 0 Å². The number of halogens is 3. The van der Waals surface area contributed by atoms with Crippen LogP contribution in [0, 0.1) is 6.92 Å². The molecule has 1 aromatic heterocycles. The number of esters is 1. The molecule has 1 aliphatic heterocycles. The van der Waals surface area contributed by atoms with Crippen LogP contribution < -0.4 is 5.32 Å². The average Bonchev–Trinajstić information content (AvgIpc) is 2.83. The molecule has 0 saturated carbocycles. The van der Waals surface area contributed by atoms with Gasteiger partial charge in [0.1, 0.15) is 5.82 Å². The maximum absolute atomic E-state index is 12.3. The number of alkyl halides is 3. The van der Waals surface area contributed by atoms with Crippen LogP contribution >= 0.6 is 0 Å². The number of carbonyl (C=O) groups is 1. The normalized spacial score (nSPS) is 19.2. The number of aryl methyl sites for hydroxylation is 1. The number of rotatable bonds is 4. The Hall–Kier alpha value is -1.83. The van der Waals surface area contributed by atoms with E-state index in [-0.39, 0.29) is 6.04 Å². The summed E-state index contributed by atoms with van der Waals surface area (Å²) in [6.45, 7) is 1.51. The number of anilines is 1. The Bertz CT molecular complexity index is 549. The molecule has 22 heavy (non-hydrogen) atoms. The van der Waals surface area contributed by atoms with Crippen molar-refractivity contribution in [3.8, 4) is 0 Å². The summed E-state index contributed by atoms with van der Waals surface area (Å²) in [5.41, 5.74) is 0.889. The molecule has 0 spiro atoms. The van der Waals surface area contributed by atoms with Gasteiger partial charge in [-0.05, 0) is 25.5 Å². The van der Waals surface area contributed by atoms with Crippen molar-refractivity contribution in [2.24, 2.45) is 0 Å². The molecule has 0 aromatic carbocycles. The van der Waals surface area contributed by atoms with Crippen LogP contribution in [0.2, 0.25) is 0 Å². The van der Waals surface area contributed by atoms with Crippen molar-refractivity contribution < 1.29 is 22.7 Å². The maximum atomic E-state index is 12.3. The standard InChI is InChI=1S/C14H18F3N3O2/c1-9-11(13(21)22-2)3-4-12(18-9)19-10-5-6-20(7-10)8-14(15,16)17/h3-4,10H,5-8H2,1-2H3,(H,18,19)/t10-/m0/s1. The lowest BCUT2D eigenvalue weighted by Gasteiger charge is -2.18. The molecule has 2 rings (SSSR count). The molecule has 1 N–H and O–H groups in total. The minimum Gasteiger partial charge on any atom is -0.465 e. The van der Waals surface area contributed by atoms with E-state index >= 15 is 0 Å². The van der Waals surface area contributed by atoms with Gasteiger partial charge in [-0.2, -0.15) is 13.2 Å². The minimum atomic E-state index is -4.17. The molecule has 2 heterocycles. The average molecular weight is 317 g/mol. The first-order valence-electron chi connectivity index (χ1n) is 6.90. The topological polar surface area (TPSA) is 54.5 Å². The van der Waals surface area contributed by atoms with Crippen LogP contribution in [0.15, 0.2) is 12.1 Å². The molecule has 1 atom stereocenters. The van der Waals surface area contributed by atoms with Crippen molar-refractivity contribution in [3.05, 3.63) is 23.4 Å². The number of aromatic nitrogens is 1. The molecule has 0 bridgehead atoms. The predicted molar refractivity (Wildman–Crippen MR) is 74.8 cm³/mol. The number of methoxy groups -OCH3 is 1. The zero-order chi connectivity index (χ0) is 16.3. The zero-order valence-electron chi connectivity index (χ0n) is 12.4. The number of ether oxygens (including phenoxy) is 1. The molecule has 0 amide bonds. The Morgan fingerprint density at radius 1 is 1.50 bits per heavy atom. The molecule has 1 fully saturated rings. The highest BCUT2D eigenvalue weighted by Crippen LogP contribution is 2.21. The number of nitrogens with one attached hydrogen (secondary N) is 1. The summed E-state index contributed by atoms with van der Waals surface area (Å²) in [5, 5.41) is 3.11. The molecule has 0 unspecified atom stereocenters. The van der Waals surface area contributed by atoms with Gasteiger partial charge in [0.2, 0.25) is 0 Å². The molecule has 122 valence electrons. The third-order valence-electron chi connectivity index (χ3n) is 3.52. The van der Waals surface area contributed by atoms with E-state index in [1.165, 1.54) is 12.0 Å². The molecule has 0 aliphatic carbocycles. The fourth-order valence-electron chi connectivity index (χ4n) is 2.52. The molecule has 1 aliphatic rings. The van der Waals surface area contributed by atoms with Crippen molar-refractivity contribution in [3.63, 3.8) is 0 Å². The van der Waals surface area contributed by atoms with Crippen LogP contribution in [0.4, 0.5) is 19.0 Å². The third-order valence-corrected chi connectivity index (χ3v) is 3.52. The Labute approximate surface area is 126 Å². The third kappa shape index (κ3) is 4.33. The number of carbonyl (C=O) groups excluding carboxylic acids is 1. The first-order valence-corrected chi connectivity index (χ1v) is 6.90. The van der Waals surface area contributed by atoms with Gasteiger partial charge < -0.3 is 10.1 Å². The van der Waals surface area contributed by atoms with Gasteiger partial charge in [-0.3, -0.25) is 4.90 Å². The van der Waals surface area contributed by atoms with Gasteiger partial charge in [-0.15, -0.1) is 0 Å². The summed E-state index contributed by atoms with van der Waals surface area (Å²) < 4.78 is 41.7. The summed E-state index contributed by atoms with van der Waals surface area (Å²) >= 11 is 0. The van der Waals surface area contributed by atoms with Crippen LogP contribution in [0.25, 0.3) is 0 Å². The number of hydrogen-bond donors (Lipinski definition) is 1. The first-order chi connectivity index (χ1) is 10.3. The largest absolute Gasteiger partial charge is 0.465 e. The Kier molecular flexibility index (Phi) is 4.90. The highest BCUT2D eigenvalue weighted by Gasteiger charge is 2.34. The highest BCUT2D eigenvalue weighted by molar-refractivity contribution is 5.90. The van der Waals surface area contributed by atoms with Crippen molar-refractivity contribution >= 4 is 11.8 Å². The Morgan fingerprint density at radius 3 is 2.82 bits per heavy atom. The smallest absolute Gasteiger partial charge is 0.401 e. The fourth-order valence-corrected chi connectivity index (χ4v) is 2.52. The number of pyridine rings is 1. The second-order valence-corrected chi connectivity index (χ2v) is 5.30. The van der Waals surface area contributed by atoms with Gasteiger partial charge in [-0.1, -0.05) is 0 Å². The van der Waals surface area contributed by atoms with Gasteiger partial charge in [-0.25, -0.2) is 9.78 Å². The van der Waals surface area contributed by atoms with E-state index in [4.69, 9.17) is 0 Å². The van der Waals surface area contributed by atoms with Gasteiger partial charge >= 0.3 is 12.1 Å². The second kappa shape index (κ2) is 6.51. The molecule has 8 heteroatoms. The fraction of sp³-hybridized carbons (Fsp3) is 0.571. The van der Waals surface area contributed by atoms with Gasteiger partial charge in [0.05, 0.1) is 24.9 Å². The lowest BCUT2D eigenvalue weighted by Crippen LogP contribution is -2.34. The summed E-state index contributed by atoms with van der Waals surface area (Å²) in [4.78, 5) is 17.1. The van der Waals surface area contributed by atoms with Crippen LogP contribution in [0.1, 0.15) is 22.5 Å². The van der Waals surface area contributed by atoms with Crippen LogP contribution in [-0.2, 0) is 4.74 Å². The monoisotopic (exact) mass is 317 g/mol. The quantitative estimate of drug-likeness (QED) is 0.863. The first kappa shape index (κ1) is 16.5. The Morgan fingerprint density at radius 2 is 2.23 bits per heavy atom. The van der Waals surface area contributed by atoms with E-state index in [0.717, 1.165) is 0 Å². The van der Waals surface area contributed by atoms with Gasteiger partial charge in [0, 0.05) is 19.1 Å². The zero-order valence-corrected chi connectivity index (χ0v) is 12.4. The molecule has 5 nitrogen and oxygen atoms in total. The van der Waals surface area contributed by atoms with Gasteiger partial charge in [0.15, 0.2) is 0 Å². The lowest BCUT2D eigenvalue weighted by atomic mass is 10.2. The molecule has 1 aromatic rings. The van der Waals surface area contributed by atoms with Crippen LogP contribution in [0.3, 0.4) is 0 Å². The van der Waals surface area contributed by atoms with E-state index < -0.39 is 18.7 Å². The number of hydrogen-bond acceptors (Lipinski definition) is 5. The van der Waals surface area contributed by atoms with Crippen LogP contribution in [-0.4, -0.2) is 54.8 Å². The second-order valence-electron chi connectivity index (χ2n) is 5.30. The van der Waals surface area contributed by atoms with Crippen molar-refractivity contribution in [2.45, 2.75) is 25.6 Å². The summed E-state index contributed by atoms with van der Waals surface area (Å²) in [7, 11) is 1.29.